The van der Waals surface area contributed by atoms with Crippen LogP contribution in [0.25, 0.3) is 16.8 Å². The van der Waals surface area contributed by atoms with E-state index < -0.39 is 0 Å². The Hall–Kier alpha value is -2.87. The van der Waals surface area contributed by atoms with E-state index in [1.54, 1.807) is 6.07 Å². The fourth-order valence-corrected chi connectivity index (χ4v) is 2.40. The van der Waals surface area contributed by atoms with Crippen LogP contribution in [0.5, 0.6) is 5.75 Å². The van der Waals surface area contributed by atoms with Crippen molar-refractivity contribution in [2.75, 3.05) is 0 Å². The topological polar surface area (TPSA) is 32.6 Å². The third kappa shape index (κ3) is 3.23. The van der Waals surface area contributed by atoms with E-state index in [1.165, 1.54) is 5.56 Å². The number of hydrogen-bond acceptors (Lipinski definition) is 2. The van der Waals surface area contributed by atoms with Crippen molar-refractivity contribution in [1.29, 1.82) is 0 Å². The molecular weight excluding hydrogens is 270 g/mol. The van der Waals surface area contributed by atoms with Crippen LogP contribution in [-0.4, -0.2) is 11.3 Å². The Morgan fingerprint density at radius 2 is 1.55 bits per heavy atom. The maximum atomic E-state index is 9.88. The molecule has 0 spiro atoms. The Morgan fingerprint density at radius 3 is 2.36 bits per heavy atom. The zero-order valence-electron chi connectivity index (χ0n) is 12.2. The van der Waals surface area contributed by atoms with Crippen LogP contribution in [0.3, 0.4) is 0 Å². The summed E-state index contributed by atoms with van der Waals surface area (Å²) in [5, 5.41) is 11.8. The summed E-state index contributed by atoms with van der Waals surface area (Å²) in [7, 11) is 0. The second-order valence-corrected chi connectivity index (χ2v) is 5.05. The second-order valence-electron chi connectivity index (χ2n) is 5.05. The summed E-state index contributed by atoms with van der Waals surface area (Å²) in [6, 6.07) is 21.6. The molecule has 3 aromatic carbocycles. The number of rotatable bonds is 4. The van der Waals surface area contributed by atoms with Crippen molar-refractivity contribution in [3.8, 4) is 5.75 Å². The van der Waals surface area contributed by atoms with Gasteiger partial charge in [-0.25, -0.2) is 0 Å². The van der Waals surface area contributed by atoms with Crippen LogP contribution in [0.2, 0.25) is 0 Å². The maximum Gasteiger partial charge on any atom is 0.123 e. The lowest BCUT2D eigenvalue weighted by Crippen LogP contribution is -1.81. The Bertz CT molecular complexity index is 819. The molecule has 0 aliphatic heterocycles. The highest BCUT2D eigenvalue weighted by molar-refractivity contribution is 5.96. The predicted molar refractivity (Wildman–Crippen MR) is 93.3 cm³/mol. The number of phenols is 1. The van der Waals surface area contributed by atoms with Gasteiger partial charge in [-0.1, -0.05) is 66.7 Å². The smallest absolute Gasteiger partial charge is 0.123 e. The summed E-state index contributed by atoms with van der Waals surface area (Å²) >= 11 is 0. The Labute approximate surface area is 130 Å². The number of hydrogen-bond donors (Lipinski definition) is 1. The normalized spacial score (nSPS) is 11.6. The third-order valence-corrected chi connectivity index (χ3v) is 3.52. The molecule has 0 bridgehead atoms. The van der Waals surface area contributed by atoms with Crippen LogP contribution in [0.1, 0.15) is 11.1 Å². The number of allylic oxidation sites excluding steroid dienone is 1. The Balaban J connectivity index is 1.75. The highest BCUT2D eigenvalue weighted by Gasteiger charge is 2.01. The van der Waals surface area contributed by atoms with E-state index >= 15 is 0 Å². The molecule has 0 heterocycles. The van der Waals surface area contributed by atoms with Gasteiger partial charge in [-0.3, -0.25) is 4.99 Å². The SMILES string of the molecule is Oc1ccc(/C=C/C=NCc2ccccc2)c2ccccc12. The Morgan fingerprint density at radius 1 is 0.818 bits per heavy atom. The first kappa shape index (κ1) is 14.1. The minimum atomic E-state index is 0.311. The van der Waals surface area contributed by atoms with Gasteiger partial charge in [-0.05, 0) is 28.7 Å². The largest absolute Gasteiger partial charge is 0.507 e. The summed E-state index contributed by atoms with van der Waals surface area (Å²) in [5.41, 5.74) is 2.27. The number of nitrogens with zero attached hydrogens (tertiary/aromatic N) is 1. The fraction of sp³-hybridized carbons (Fsp3) is 0.0500. The second kappa shape index (κ2) is 6.72. The first-order chi connectivity index (χ1) is 10.8. The average Bonchev–Trinajstić information content (AvgIpc) is 2.58. The minimum absolute atomic E-state index is 0.311. The first-order valence-corrected chi connectivity index (χ1v) is 7.26. The highest BCUT2D eigenvalue weighted by atomic mass is 16.3. The standard InChI is InChI=1S/C20H17NO/c22-20-13-12-17(18-10-4-5-11-19(18)20)9-6-14-21-15-16-7-2-1-3-8-16/h1-14,22H,15H2/b9-6+,21-14?. The van der Waals surface area contributed by atoms with Gasteiger partial charge in [0.05, 0.1) is 6.54 Å². The predicted octanol–water partition coefficient (Wildman–Crippen LogP) is 4.83. The molecule has 0 fully saturated rings. The van der Waals surface area contributed by atoms with Gasteiger partial charge >= 0.3 is 0 Å². The van der Waals surface area contributed by atoms with E-state index in [0.717, 1.165) is 16.3 Å². The van der Waals surface area contributed by atoms with Gasteiger partial charge in [0.2, 0.25) is 0 Å². The molecule has 0 unspecified atom stereocenters. The summed E-state index contributed by atoms with van der Waals surface area (Å²) < 4.78 is 0. The van der Waals surface area contributed by atoms with Gasteiger partial charge in [0, 0.05) is 11.6 Å². The summed E-state index contributed by atoms with van der Waals surface area (Å²) in [5.74, 6) is 0.311. The lowest BCUT2D eigenvalue weighted by atomic mass is 10.0. The van der Waals surface area contributed by atoms with Crippen molar-refractivity contribution in [2.24, 2.45) is 4.99 Å². The molecule has 0 saturated heterocycles. The van der Waals surface area contributed by atoms with Crippen LogP contribution in [-0.2, 0) is 6.54 Å². The van der Waals surface area contributed by atoms with Gasteiger partial charge < -0.3 is 5.11 Å². The molecule has 0 atom stereocenters. The molecular formula is C20H17NO. The van der Waals surface area contributed by atoms with Crippen molar-refractivity contribution < 1.29 is 5.11 Å². The zero-order valence-corrected chi connectivity index (χ0v) is 12.2. The van der Waals surface area contributed by atoms with Gasteiger partial charge in [0.25, 0.3) is 0 Å². The van der Waals surface area contributed by atoms with Gasteiger partial charge in [-0.15, -0.1) is 0 Å². The fourth-order valence-electron chi connectivity index (χ4n) is 2.40. The minimum Gasteiger partial charge on any atom is -0.507 e. The lowest BCUT2D eigenvalue weighted by molar-refractivity contribution is 0.481. The van der Waals surface area contributed by atoms with Crippen molar-refractivity contribution in [2.45, 2.75) is 6.54 Å². The molecule has 108 valence electrons. The van der Waals surface area contributed by atoms with Crippen LogP contribution >= 0.6 is 0 Å². The van der Waals surface area contributed by atoms with Crippen LogP contribution < -0.4 is 0 Å². The molecule has 1 N–H and O–H groups in total. The molecule has 3 aromatic rings. The van der Waals surface area contributed by atoms with Gasteiger partial charge in [0.15, 0.2) is 0 Å². The molecule has 0 aromatic heterocycles. The molecule has 2 nitrogen and oxygen atoms in total. The first-order valence-electron chi connectivity index (χ1n) is 7.26. The number of benzene rings is 3. The zero-order chi connectivity index (χ0) is 15.2. The van der Waals surface area contributed by atoms with E-state index in [1.807, 2.05) is 66.9 Å². The summed E-state index contributed by atoms with van der Waals surface area (Å²) in [4.78, 5) is 4.39. The van der Waals surface area contributed by atoms with Gasteiger partial charge in [0.1, 0.15) is 5.75 Å². The van der Waals surface area contributed by atoms with Gasteiger partial charge in [-0.2, -0.15) is 0 Å². The van der Waals surface area contributed by atoms with Crippen LogP contribution in [0.15, 0.2) is 77.8 Å². The summed E-state index contributed by atoms with van der Waals surface area (Å²) in [6.45, 7) is 0.682. The van der Waals surface area contributed by atoms with E-state index in [-0.39, 0.29) is 0 Å². The summed E-state index contributed by atoms with van der Waals surface area (Å²) in [6.07, 6.45) is 5.76. The van der Waals surface area contributed by atoms with Crippen molar-refractivity contribution in [1.82, 2.24) is 0 Å². The third-order valence-electron chi connectivity index (χ3n) is 3.52. The number of aliphatic imine (C=N–C) groups is 1. The van der Waals surface area contributed by atoms with Crippen molar-refractivity contribution in [3.05, 3.63) is 83.9 Å². The van der Waals surface area contributed by atoms with E-state index in [4.69, 9.17) is 0 Å². The van der Waals surface area contributed by atoms with E-state index in [2.05, 4.69) is 17.1 Å². The Kier molecular flexibility index (Phi) is 4.30. The number of fused-ring (bicyclic) bond motifs is 1. The number of phenolic OH excluding ortho intramolecular Hbond substituents is 1. The molecule has 0 saturated carbocycles. The molecule has 0 radical (unpaired) electrons. The van der Waals surface area contributed by atoms with Crippen LogP contribution in [0, 0.1) is 0 Å². The number of aromatic hydroxyl groups is 1. The molecule has 0 amide bonds. The average molecular weight is 287 g/mol. The van der Waals surface area contributed by atoms with E-state index in [9.17, 15) is 5.11 Å². The molecule has 0 aliphatic rings. The molecule has 3 rings (SSSR count). The monoisotopic (exact) mass is 287 g/mol. The van der Waals surface area contributed by atoms with Crippen molar-refractivity contribution >= 4 is 23.1 Å². The lowest BCUT2D eigenvalue weighted by Gasteiger charge is -2.03. The molecule has 2 heteroatoms. The quantitative estimate of drug-likeness (QED) is 0.685. The van der Waals surface area contributed by atoms with E-state index in [0.29, 0.717) is 12.3 Å². The molecule has 0 aliphatic carbocycles. The maximum absolute atomic E-state index is 9.88. The highest BCUT2D eigenvalue weighted by Crippen LogP contribution is 2.27. The molecule has 22 heavy (non-hydrogen) atoms. The van der Waals surface area contributed by atoms with Crippen LogP contribution in [0.4, 0.5) is 0 Å². The van der Waals surface area contributed by atoms with Crippen molar-refractivity contribution in [3.63, 3.8) is 0 Å².